The number of aromatic nitrogens is 1. The second kappa shape index (κ2) is 6.02. The number of hydrogen-bond donors (Lipinski definition) is 0. The maximum Gasteiger partial charge on any atom is 0.0547 e. The molecule has 2 fully saturated rings. The van der Waals surface area contributed by atoms with Gasteiger partial charge in [0.25, 0.3) is 0 Å². The van der Waals surface area contributed by atoms with Crippen LogP contribution in [0.2, 0.25) is 0 Å². The van der Waals surface area contributed by atoms with Crippen LogP contribution >= 0.6 is 0 Å². The Labute approximate surface area is 116 Å². The van der Waals surface area contributed by atoms with E-state index in [4.69, 9.17) is 0 Å². The van der Waals surface area contributed by atoms with Gasteiger partial charge in [0.15, 0.2) is 0 Å². The molecule has 0 amide bonds. The fourth-order valence-corrected chi connectivity index (χ4v) is 3.50. The Kier molecular flexibility index (Phi) is 4.14. The van der Waals surface area contributed by atoms with Crippen molar-refractivity contribution in [2.45, 2.75) is 45.2 Å². The lowest BCUT2D eigenvalue weighted by atomic mass is 10.0. The standard InChI is InChI=1S/C16H25N3/c1-14-6-4-7-15(17-14)12-18-9-5-8-16(13-18)19-10-2-3-11-19/h4,6-7,16H,2-3,5,8-13H2,1H3. The maximum absolute atomic E-state index is 4.63. The average Bonchev–Trinajstić information content (AvgIpc) is 2.93. The van der Waals surface area contributed by atoms with Crippen molar-refractivity contribution in [3.05, 3.63) is 29.6 Å². The van der Waals surface area contributed by atoms with E-state index in [2.05, 4.69) is 39.9 Å². The first-order valence-corrected chi connectivity index (χ1v) is 7.70. The van der Waals surface area contributed by atoms with Crippen LogP contribution in [0.4, 0.5) is 0 Å². The minimum Gasteiger partial charge on any atom is -0.299 e. The molecule has 2 saturated heterocycles. The van der Waals surface area contributed by atoms with Crippen LogP contribution in [0.5, 0.6) is 0 Å². The molecule has 1 atom stereocenters. The van der Waals surface area contributed by atoms with Crippen molar-refractivity contribution in [3.63, 3.8) is 0 Å². The Morgan fingerprint density at radius 1 is 1.16 bits per heavy atom. The zero-order valence-electron chi connectivity index (χ0n) is 12.0. The van der Waals surface area contributed by atoms with Crippen LogP contribution in [0.25, 0.3) is 0 Å². The van der Waals surface area contributed by atoms with E-state index in [1.54, 1.807) is 0 Å². The molecule has 0 spiro atoms. The smallest absolute Gasteiger partial charge is 0.0547 e. The normalized spacial score (nSPS) is 25.8. The summed E-state index contributed by atoms with van der Waals surface area (Å²) in [5.41, 5.74) is 2.35. The lowest BCUT2D eigenvalue weighted by molar-refractivity contribution is 0.110. The fraction of sp³-hybridized carbons (Fsp3) is 0.688. The van der Waals surface area contributed by atoms with E-state index in [1.165, 1.54) is 57.6 Å². The summed E-state index contributed by atoms with van der Waals surface area (Å²) in [4.78, 5) is 9.93. The molecule has 2 aliphatic rings. The van der Waals surface area contributed by atoms with Crippen molar-refractivity contribution in [2.75, 3.05) is 26.2 Å². The van der Waals surface area contributed by atoms with E-state index in [0.29, 0.717) is 0 Å². The maximum atomic E-state index is 4.63. The van der Waals surface area contributed by atoms with Gasteiger partial charge in [-0.25, -0.2) is 0 Å². The topological polar surface area (TPSA) is 19.4 Å². The SMILES string of the molecule is Cc1cccc(CN2CCCC(N3CCCC3)C2)n1. The molecule has 0 aliphatic carbocycles. The van der Waals surface area contributed by atoms with E-state index in [9.17, 15) is 0 Å². The first-order valence-electron chi connectivity index (χ1n) is 7.70. The first-order chi connectivity index (χ1) is 9.31. The van der Waals surface area contributed by atoms with Crippen LogP contribution in [0.1, 0.15) is 37.1 Å². The summed E-state index contributed by atoms with van der Waals surface area (Å²) in [6, 6.07) is 7.15. The van der Waals surface area contributed by atoms with Crippen LogP contribution in [0.3, 0.4) is 0 Å². The third-order valence-corrected chi connectivity index (χ3v) is 4.47. The minimum absolute atomic E-state index is 0.793. The van der Waals surface area contributed by atoms with Crippen molar-refractivity contribution < 1.29 is 0 Å². The van der Waals surface area contributed by atoms with Gasteiger partial charge >= 0.3 is 0 Å². The van der Waals surface area contributed by atoms with Gasteiger partial charge in [0, 0.05) is 24.8 Å². The Bertz CT molecular complexity index is 412. The van der Waals surface area contributed by atoms with Crippen molar-refractivity contribution in [2.24, 2.45) is 0 Å². The molecule has 104 valence electrons. The molecule has 0 radical (unpaired) electrons. The highest BCUT2D eigenvalue weighted by atomic mass is 15.2. The minimum atomic E-state index is 0.793. The highest BCUT2D eigenvalue weighted by Gasteiger charge is 2.27. The molecule has 3 nitrogen and oxygen atoms in total. The summed E-state index contributed by atoms with van der Waals surface area (Å²) in [5, 5.41) is 0. The number of aryl methyl sites for hydroxylation is 1. The molecule has 1 aromatic rings. The van der Waals surface area contributed by atoms with Gasteiger partial charge in [-0.05, 0) is 64.4 Å². The molecule has 0 N–H and O–H groups in total. The monoisotopic (exact) mass is 259 g/mol. The quantitative estimate of drug-likeness (QED) is 0.831. The van der Waals surface area contributed by atoms with Gasteiger partial charge in [0.05, 0.1) is 5.69 Å². The van der Waals surface area contributed by atoms with Gasteiger partial charge in [0.2, 0.25) is 0 Å². The molecule has 3 rings (SSSR count). The highest BCUT2D eigenvalue weighted by molar-refractivity contribution is 5.10. The zero-order valence-corrected chi connectivity index (χ0v) is 12.0. The van der Waals surface area contributed by atoms with E-state index < -0.39 is 0 Å². The van der Waals surface area contributed by atoms with Gasteiger partial charge < -0.3 is 0 Å². The van der Waals surface area contributed by atoms with Crippen molar-refractivity contribution in [3.8, 4) is 0 Å². The number of pyridine rings is 1. The van der Waals surface area contributed by atoms with Crippen molar-refractivity contribution in [1.82, 2.24) is 14.8 Å². The summed E-state index contributed by atoms with van der Waals surface area (Å²) in [7, 11) is 0. The molecule has 1 aromatic heterocycles. The average molecular weight is 259 g/mol. The number of likely N-dealkylation sites (tertiary alicyclic amines) is 2. The summed E-state index contributed by atoms with van der Waals surface area (Å²) < 4.78 is 0. The Hall–Kier alpha value is -0.930. The van der Waals surface area contributed by atoms with E-state index in [0.717, 1.165) is 18.3 Å². The third-order valence-electron chi connectivity index (χ3n) is 4.47. The Morgan fingerprint density at radius 3 is 2.79 bits per heavy atom. The second-order valence-corrected chi connectivity index (χ2v) is 6.04. The number of hydrogen-bond acceptors (Lipinski definition) is 3. The summed E-state index contributed by atoms with van der Waals surface area (Å²) in [5.74, 6) is 0. The second-order valence-electron chi connectivity index (χ2n) is 6.04. The molecule has 2 aliphatic heterocycles. The van der Waals surface area contributed by atoms with Gasteiger partial charge in [0.1, 0.15) is 0 Å². The lowest BCUT2D eigenvalue weighted by Gasteiger charge is -2.37. The molecular weight excluding hydrogens is 234 g/mol. The Balaban J connectivity index is 1.58. The number of nitrogens with zero attached hydrogens (tertiary/aromatic N) is 3. The largest absolute Gasteiger partial charge is 0.299 e. The van der Waals surface area contributed by atoms with E-state index >= 15 is 0 Å². The molecule has 1 unspecified atom stereocenters. The van der Waals surface area contributed by atoms with Gasteiger partial charge in [-0.3, -0.25) is 14.8 Å². The molecule has 0 aromatic carbocycles. The Morgan fingerprint density at radius 2 is 2.00 bits per heavy atom. The van der Waals surface area contributed by atoms with Crippen LogP contribution in [-0.4, -0.2) is 47.0 Å². The predicted octanol–water partition coefficient (Wildman–Crippen LogP) is 2.45. The van der Waals surface area contributed by atoms with Crippen molar-refractivity contribution in [1.29, 1.82) is 0 Å². The molecule has 3 heterocycles. The summed E-state index contributed by atoms with van der Waals surface area (Å²) in [6.07, 6.45) is 5.52. The summed E-state index contributed by atoms with van der Waals surface area (Å²) in [6.45, 7) is 8.21. The molecule has 0 saturated carbocycles. The number of piperidine rings is 1. The van der Waals surface area contributed by atoms with E-state index in [1.807, 2.05) is 0 Å². The van der Waals surface area contributed by atoms with Crippen LogP contribution < -0.4 is 0 Å². The van der Waals surface area contributed by atoms with Crippen molar-refractivity contribution >= 4 is 0 Å². The third kappa shape index (κ3) is 3.34. The predicted molar refractivity (Wildman–Crippen MR) is 78.1 cm³/mol. The highest BCUT2D eigenvalue weighted by Crippen LogP contribution is 2.21. The van der Waals surface area contributed by atoms with Gasteiger partial charge in [-0.15, -0.1) is 0 Å². The molecular formula is C16H25N3. The lowest BCUT2D eigenvalue weighted by Crippen LogP contribution is -2.46. The van der Waals surface area contributed by atoms with Crippen LogP contribution in [0, 0.1) is 6.92 Å². The molecule has 19 heavy (non-hydrogen) atoms. The molecule has 3 heteroatoms. The fourth-order valence-electron chi connectivity index (χ4n) is 3.50. The van der Waals surface area contributed by atoms with Gasteiger partial charge in [-0.2, -0.15) is 0 Å². The molecule has 0 bridgehead atoms. The van der Waals surface area contributed by atoms with Crippen LogP contribution in [-0.2, 0) is 6.54 Å². The number of rotatable bonds is 3. The first kappa shape index (κ1) is 13.1. The van der Waals surface area contributed by atoms with Gasteiger partial charge in [-0.1, -0.05) is 6.07 Å². The van der Waals surface area contributed by atoms with E-state index in [-0.39, 0.29) is 0 Å². The van der Waals surface area contributed by atoms with Crippen LogP contribution in [0.15, 0.2) is 18.2 Å². The zero-order chi connectivity index (χ0) is 13.1. The summed E-state index contributed by atoms with van der Waals surface area (Å²) >= 11 is 0.